The highest BCUT2D eigenvalue weighted by Gasteiger charge is 2.02. The summed E-state index contributed by atoms with van der Waals surface area (Å²) in [4.78, 5) is 3.81. The fraction of sp³-hybridized carbons (Fsp3) is 0.154. The van der Waals surface area contributed by atoms with E-state index in [4.69, 9.17) is 5.11 Å². The van der Waals surface area contributed by atoms with E-state index in [1.807, 2.05) is 25.1 Å². The van der Waals surface area contributed by atoms with Gasteiger partial charge in [0.05, 0.1) is 12.8 Å². The van der Waals surface area contributed by atoms with Crippen molar-refractivity contribution in [1.82, 2.24) is 4.98 Å². The van der Waals surface area contributed by atoms with Crippen molar-refractivity contribution in [2.75, 3.05) is 0 Å². The highest BCUT2D eigenvalue weighted by molar-refractivity contribution is 5.64. The number of hydrogen-bond donors (Lipinski definition) is 1. The molecular weight excluding hydrogens is 205 g/mol. The predicted octanol–water partition coefficient (Wildman–Crippen LogP) is 2.69. The molecule has 0 bridgehead atoms. The second-order valence-corrected chi connectivity index (χ2v) is 3.76. The molecule has 0 atom stereocenters. The largest absolute Gasteiger partial charge is 0.392 e. The van der Waals surface area contributed by atoms with Crippen LogP contribution < -0.4 is 0 Å². The van der Waals surface area contributed by atoms with Crippen LogP contribution in [0.4, 0.5) is 4.39 Å². The molecule has 2 rings (SSSR count). The zero-order chi connectivity index (χ0) is 11.5. The van der Waals surface area contributed by atoms with Gasteiger partial charge in [-0.15, -0.1) is 0 Å². The molecule has 0 fully saturated rings. The van der Waals surface area contributed by atoms with Crippen molar-refractivity contribution in [3.05, 3.63) is 53.6 Å². The van der Waals surface area contributed by atoms with E-state index in [2.05, 4.69) is 4.98 Å². The number of pyridine rings is 1. The molecule has 1 aromatic carbocycles. The summed E-state index contributed by atoms with van der Waals surface area (Å²) < 4.78 is 13.0. The Hall–Kier alpha value is -1.74. The maximum atomic E-state index is 13.0. The zero-order valence-corrected chi connectivity index (χ0v) is 8.94. The molecule has 0 amide bonds. The summed E-state index contributed by atoms with van der Waals surface area (Å²) in [7, 11) is 0. The van der Waals surface area contributed by atoms with Crippen molar-refractivity contribution in [3.8, 4) is 11.1 Å². The summed E-state index contributed by atoms with van der Waals surface area (Å²) in [5.74, 6) is -0.357. The Bertz CT molecular complexity index is 511. The van der Waals surface area contributed by atoms with Crippen molar-refractivity contribution < 1.29 is 9.50 Å². The Kier molecular flexibility index (Phi) is 2.97. The first-order valence-corrected chi connectivity index (χ1v) is 5.01. The summed E-state index contributed by atoms with van der Waals surface area (Å²) in [6, 6.07) is 7.11. The molecule has 1 aromatic heterocycles. The SMILES string of the molecule is Cc1cc(CO)cc(-c2cncc(F)c2)c1. The first kappa shape index (κ1) is 10.8. The summed E-state index contributed by atoms with van der Waals surface area (Å²) in [6.07, 6.45) is 2.78. The molecule has 2 aromatic rings. The van der Waals surface area contributed by atoms with Gasteiger partial charge in [0, 0.05) is 11.8 Å². The van der Waals surface area contributed by atoms with Gasteiger partial charge in [0.25, 0.3) is 0 Å². The summed E-state index contributed by atoms with van der Waals surface area (Å²) in [5.41, 5.74) is 3.44. The molecule has 0 spiro atoms. The monoisotopic (exact) mass is 217 g/mol. The highest BCUT2D eigenvalue weighted by atomic mass is 19.1. The molecule has 2 nitrogen and oxygen atoms in total. The van der Waals surface area contributed by atoms with Gasteiger partial charge in [-0.1, -0.05) is 17.7 Å². The predicted molar refractivity (Wildman–Crippen MR) is 60.3 cm³/mol. The lowest BCUT2D eigenvalue weighted by molar-refractivity contribution is 0.282. The Morgan fingerprint density at radius 3 is 2.62 bits per heavy atom. The second-order valence-electron chi connectivity index (χ2n) is 3.76. The Morgan fingerprint density at radius 1 is 1.12 bits per heavy atom. The first-order chi connectivity index (χ1) is 7.69. The van der Waals surface area contributed by atoms with E-state index in [9.17, 15) is 4.39 Å². The van der Waals surface area contributed by atoms with E-state index >= 15 is 0 Å². The van der Waals surface area contributed by atoms with Crippen molar-refractivity contribution in [3.63, 3.8) is 0 Å². The van der Waals surface area contributed by atoms with Crippen LogP contribution in [0.25, 0.3) is 11.1 Å². The average molecular weight is 217 g/mol. The van der Waals surface area contributed by atoms with Gasteiger partial charge in [-0.2, -0.15) is 0 Å². The zero-order valence-electron chi connectivity index (χ0n) is 8.94. The topological polar surface area (TPSA) is 33.1 Å². The molecule has 1 N–H and O–H groups in total. The number of rotatable bonds is 2. The number of aryl methyl sites for hydroxylation is 1. The van der Waals surface area contributed by atoms with Gasteiger partial charge >= 0.3 is 0 Å². The van der Waals surface area contributed by atoms with Crippen LogP contribution >= 0.6 is 0 Å². The van der Waals surface area contributed by atoms with E-state index in [0.717, 1.165) is 22.3 Å². The van der Waals surface area contributed by atoms with E-state index in [1.165, 1.54) is 12.3 Å². The van der Waals surface area contributed by atoms with Crippen LogP contribution in [-0.4, -0.2) is 10.1 Å². The van der Waals surface area contributed by atoms with E-state index in [-0.39, 0.29) is 12.4 Å². The third-order valence-corrected chi connectivity index (χ3v) is 2.36. The van der Waals surface area contributed by atoms with Crippen molar-refractivity contribution >= 4 is 0 Å². The van der Waals surface area contributed by atoms with Crippen LogP contribution in [0, 0.1) is 12.7 Å². The number of aliphatic hydroxyl groups excluding tert-OH is 1. The minimum absolute atomic E-state index is 0.0164. The minimum atomic E-state index is -0.357. The van der Waals surface area contributed by atoms with Crippen molar-refractivity contribution in [1.29, 1.82) is 0 Å². The van der Waals surface area contributed by atoms with Gasteiger partial charge in [0.1, 0.15) is 5.82 Å². The third-order valence-electron chi connectivity index (χ3n) is 2.36. The van der Waals surface area contributed by atoms with Crippen LogP contribution in [0.5, 0.6) is 0 Å². The molecule has 1 heterocycles. The van der Waals surface area contributed by atoms with Crippen molar-refractivity contribution in [2.45, 2.75) is 13.5 Å². The number of halogens is 1. The molecule has 0 saturated carbocycles. The smallest absolute Gasteiger partial charge is 0.142 e. The van der Waals surface area contributed by atoms with Gasteiger partial charge in [-0.05, 0) is 30.2 Å². The van der Waals surface area contributed by atoms with E-state index in [0.29, 0.717) is 0 Å². The van der Waals surface area contributed by atoms with Gasteiger partial charge in [0.2, 0.25) is 0 Å². The van der Waals surface area contributed by atoms with Gasteiger partial charge in [-0.25, -0.2) is 4.39 Å². The fourth-order valence-corrected chi connectivity index (χ4v) is 1.69. The summed E-state index contributed by atoms with van der Waals surface area (Å²) >= 11 is 0. The second kappa shape index (κ2) is 4.41. The lowest BCUT2D eigenvalue weighted by Gasteiger charge is -2.05. The molecule has 0 aliphatic heterocycles. The molecule has 0 unspecified atom stereocenters. The first-order valence-electron chi connectivity index (χ1n) is 5.01. The highest BCUT2D eigenvalue weighted by Crippen LogP contribution is 2.22. The molecule has 16 heavy (non-hydrogen) atoms. The molecule has 0 saturated heterocycles. The standard InChI is InChI=1S/C13H12FNO/c1-9-2-10(8-16)4-11(3-9)12-5-13(14)7-15-6-12/h2-7,16H,8H2,1H3. The maximum absolute atomic E-state index is 13.0. The maximum Gasteiger partial charge on any atom is 0.142 e. The number of hydrogen-bond acceptors (Lipinski definition) is 2. The number of nitrogens with zero attached hydrogens (tertiary/aromatic N) is 1. The summed E-state index contributed by atoms with van der Waals surface area (Å²) in [5, 5.41) is 9.10. The Labute approximate surface area is 93.4 Å². The molecule has 3 heteroatoms. The fourth-order valence-electron chi connectivity index (χ4n) is 1.69. The Balaban J connectivity index is 2.51. The molecular formula is C13H12FNO. The normalized spacial score (nSPS) is 10.4. The molecule has 0 aliphatic rings. The van der Waals surface area contributed by atoms with Crippen LogP contribution in [0.2, 0.25) is 0 Å². The molecule has 0 radical (unpaired) electrons. The van der Waals surface area contributed by atoms with Crippen LogP contribution in [0.1, 0.15) is 11.1 Å². The minimum Gasteiger partial charge on any atom is -0.392 e. The average Bonchev–Trinajstić information content (AvgIpc) is 2.28. The van der Waals surface area contributed by atoms with Crippen LogP contribution in [0.15, 0.2) is 36.7 Å². The quantitative estimate of drug-likeness (QED) is 0.839. The number of benzene rings is 1. The van der Waals surface area contributed by atoms with Crippen molar-refractivity contribution in [2.24, 2.45) is 0 Å². The lowest BCUT2D eigenvalue weighted by atomic mass is 10.0. The van der Waals surface area contributed by atoms with E-state index in [1.54, 1.807) is 6.20 Å². The van der Waals surface area contributed by atoms with Crippen LogP contribution in [0.3, 0.4) is 0 Å². The van der Waals surface area contributed by atoms with Gasteiger partial charge < -0.3 is 5.11 Å². The van der Waals surface area contributed by atoms with E-state index < -0.39 is 0 Å². The van der Waals surface area contributed by atoms with Gasteiger partial charge in [0.15, 0.2) is 0 Å². The van der Waals surface area contributed by atoms with Gasteiger partial charge in [-0.3, -0.25) is 4.98 Å². The molecule has 0 aliphatic carbocycles. The summed E-state index contributed by atoms with van der Waals surface area (Å²) in [6.45, 7) is 1.92. The number of aliphatic hydroxyl groups is 1. The number of aromatic nitrogens is 1. The lowest BCUT2D eigenvalue weighted by Crippen LogP contribution is -1.89. The third kappa shape index (κ3) is 2.25. The molecule has 82 valence electrons. The Morgan fingerprint density at radius 2 is 1.94 bits per heavy atom. The van der Waals surface area contributed by atoms with Crippen LogP contribution in [-0.2, 0) is 6.61 Å².